The van der Waals surface area contributed by atoms with Crippen LogP contribution in [0.2, 0.25) is 0 Å². The van der Waals surface area contributed by atoms with Crippen molar-refractivity contribution in [2.75, 3.05) is 13.2 Å². The zero-order chi connectivity index (χ0) is 9.40. The van der Waals surface area contributed by atoms with Crippen LogP contribution in [0.15, 0.2) is 0 Å². The SMILES string of the molecule is CCCCNC(=O)O[C@@H](C)CO. The highest BCUT2D eigenvalue weighted by Crippen LogP contribution is 1.90. The molecule has 0 aliphatic carbocycles. The van der Waals surface area contributed by atoms with Crippen molar-refractivity contribution >= 4 is 6.09 Å². The van der Waals surface area contributed by atoms with Gasteiger partial charge < -0.3 is 15.2 Å². The summed E-state index contributed by atoms with van der Waals surface area (Å²) in [6, 6.07) is 0. The molecule has 0 heterocycles. The van der Waals surface area contributed by atoms with Crippen molar-refractivity contribution in [3.8, 4) is 0 Å². The Balaban J connectivity index is 3.33. The van der Waals surface area contributed by atoms with E-state index >= 15 is 0 Å². The second-order valence-electron chi connectivity index (χ2n) is 2.68. The van der Waals surface area contributed by atoms with Gasteiger partial charge in [0.05, 0.1) is 6.61 Å². The fourth-order valence-corrected chi connectivity index (χ4v) is 0.629. The van der Waals surface area contributed by atoms with Crippen molar-refractivity contribution in [2.45, 2.75) is 32.8 Å². The number of hydrogen-bond acceptors (Lipinski definition) is 3. The molecular weight excluding hydrogens is 158 g/mol. The second-order valence-corrected chi connectivity index (χ2v) is 2.68. The van der Waals surface area contributed by atoms with Gasteiger partial charge in [-0.1, -0.05) is 13.3 Å². The molecule has 0 bridgehead atoms. The minimum atomic E-state index is -0.454. The predicted octanol–water partition coefficient (Wildman–Crippen LogP) is 0.893. The summed E-state index contributed by atoms with van der Waals surface area (Å²) in [5.74, 6) is 0. The Morgan fingerprint density at radius 2 is 2.33 bits per heavy atom. The average molecular weight is 175 g/mol. The van der Waals surface area contributed by atoms with E-state index in [0.29, 0.717) is 6.54 Å². The van der Waals surface area contributed by atoms with Gasteiger partial charge in [-0.05, 0) is 13.3 Å². The molecule has 0 aromatic heterocycles. The molecule has 2 N–H and O–H groups in total. The molecule has 0 rings (SSSR count). The van der Waals surface area contributed by atoms with Gasteiger partial charge in [-0.3, -0.25) is 0 Å². The summed E-state index contributed by atoms with van der Waals surface area (Å²) in [5, 5.41) is 11.1. The Bertz CT molecular complexity index is 127. The number of carbonyl (C=O) groups excluding carboxylic acids is 1. The van der Waals surface area contributed by atoms with Gasteiger partial charge >= 0.3 is 6.09 Å². The molecule has 0 saturated carbocycles. The smallest absolute Gasteiger partial charge is 0.407 e. The summed E-state index contributed by atoms with van der Waals surface area (Å²) in [6.07, 6.45) is 1.11. The molecule has 1 atom stereocenters. The number of nitrogens with one attached hydrogen (secondary N) is 1. The van der Waals surface area contributed by atoms with Gasteiger partial charge in [0.25, 0.3) is 0 Å². The number of ether oxygens (including phenoxy) is 1. The predicted molar refractivity (Wildman–Crippen MR) is 45.9 cm³/mol. The first kappa shape index (κ1) is 11.2. The van der Waals surface area contributed by atoms with Crippen LogP contribution >= 0.6 is 0 Å². The normalized spacial score (nSPS) is 12.2. The maximum absolute atomic E-state index is 10.8. The van der Waals surface area contributed by atoms with Crippen LogP contribution in [0.4, 0.5) is 4.79 Å². The molecule has 0 aromatic carbocycles. The van der Waals surface area contributed by atoms with E-state index in [9.17, 15) is 4.79 Å². The van der Waals surface area contributed by atoms with Gasteiger partial charge in [0, 0.05) is 6.54 Å². The van der Waals surface area contributed by atoms with Crippen LogP contribution in [0.3, 0.4) is 0 Å². The summed E-state index contributed by atoms with van der Waals surface area (Å²) in [7, 11) is 0. The van der Waals surface area contributed by atoms with E-state index in [4.69, 9.17) is 9.84 Å². The fourth-order valence-electron chi connectivity index (χ4n) is 0.629. The molecule has 0 saturated heterocycles. The van der Waals surface area contributed by atoms with Gasteiger partial charge in [-0.2, -0.15) is 0 Å². The van der Waals surface area contributed by atoms with E-state index in [-0.39, 0.29) is 6.61 Å². The number of hydrogen-bond donors (Lipinski definition) is 2. The van der Waals surface area contributed by atoms with Crippen LogP contribution in [0.1, 0.15) is 26.7 Å². The zero-order valence-corrected chi connectivity index (χ0v) is 7.67. The van der Waals surface area contributed by atoms with Crippen LogP contribution in [0.5, 0.6) is 0 Å². The first-order chi connectivity index (χ1) is 5.70. The number of unbranched alkanes of at least 4 members (excludes halogenated alkanes) is 1. The van der Waals surface area contributed by atoms with Crippen LogP contribution < -0.4 is 5.32 Å². The van der Waals surface area contributed by atoms with Crippen molar-refractivity contribution in [3.63, 3.8) is 0 Å². The summed E-state index contributed by atoms with van der Waals surface area (Å²) in [4.78, 5) is 10.8. The van der Waals surface area contributed by atoms with E-state index in [2.05, 4.69) is 5.32 Å². The standard InChI is InChI=1S/C8H17NO3/c1-3-4-5-9-8(11)12-7(2)6-10/h7,10H,3-6H2,1-2H3,(H,9,11)/t7-/m0/s1. The van der Waals surface area contributed by atoms with Crippen LogP contribution in [0.25, 0.3) is 0 Å². The largest absolute Gasteiger partial charge is 0.444 e. The lowest BCUT2D eigenvalue weighted by Gasteiger charge is -2.10. The van der Waals surface area contributed by atoms with E-state index in [1.165, 1.54) is 0 Å². The minimum absolute atomic E-state index is 0.138. The van der Waals surface area contributed by atoms with E-state index in [1.807, 2.05) is 6.92 Å². The molecule has 0 spiro atoms. The summed E-state index contributed by atoms with van der Waals surface area (Å²) < 4.78 is 4.75. The number of aliphatic hydroxyl groups is 1. The molecule has 0 aliphatic rings. The van der Waals surface area contributed by atoms with Gasteiger partial charge in [0.2, 0.25) is 0 Å². The quantitative estimate of drug-likeness (QED) is 0.610. The fraction of sp³-hybridized carbons (Fsp3) is 0.875. The lowest BCUT2D eigenvalue weighted by molar-refractivity contribution is 0.0681. The van der Waals surface area contributed by atoms with Crippen molar-refractivity contribution in [1.29, 1.82) is 0 Å². The molecule has 0 unspecified atom stereocenters. The molecule has 4 nitrogen and oxygen atoms in total. The summed E-state index contributed by atoms with van der Waals surface area (Å²) >= 11 is 0. The van der Waals surface area contributed by atoms with Crippen molar-refractivity contribution in [1.82, 2.24) is 5.32 Å². The van der Waals surface area contributed by atoms with E-state index < -0.39 is 12.2 Å². The highest BCUT2D eigenvalue weighted by atomic mass is 16.6. The molecule has 0 fully saturated rings. The minimum Gasteiger partial charge on any atom is -0.444 e. The highest BCUT2D eigenvalue weighted by Gasteiger charge is 2.05. The molecule has 0 aromatic rings. The second kappa shape index (κ2) is 6.91. The Hall–Kier alpha value is -0.770. The number of alkyl carbamates (subject to hydrolysis) is 1. The Morgan fingerprint density at radius 1 is 1.67 bits per heavy atom. The number of aliphatic hydroxyl groups excluding tert-OH is 1. The monoisotopic (exact) mass is 175 g/mol. The molecule has 0 aliphatic heterocycles. The van der Waals surface area contributed by atoms with Gasteiger partial charge in [-0.25, -0.2) is 4.79 Å². The van der Waals surface area contributed by atoms with Crippen molar-refractivity contribution < 1.29 is 14.6 Å². The first-order valence-electron chi connectivity index (χ1n) is 4.26. The van der Waals surface area contributed by atoms with Crippen molar-refractivity contribution in [2.24, 2.45) is 0 Å². The van der Waals surface area contributed by atoms with Crippen LogP contribution in [-0.2, 0) is 4.74 Å². The number of rotatable bonds is 5. The third-order valence-electron chi connectivity index (χ3n) is 1.36. The lowest BCUT2D eigenvalue weighted by atomic mass is 10.3. The Morgan fingerprint density at radius 3 is 2.83 bits per heavy atom. The summed E-state index contributed by atoms with van der Waals surface area (Å²) in [6.45, 7) is 4.18. The Kier molecular flexibility index (Phi) is 6.47. The third-order valence-corrected chi connectivity index (χ3v) is 1.36. The lowest BCUT2D eigenvalue weighted by Crippen LogP contribution is -2.29. The van der Waals surface area contributed by atoms with Gasteiger partial charge in [-0.15, -0.1) is 0 Å². The molecule has 12 heavy (non-hydrogen) atoms. The molecular formula is C8H17NO3. The zero-order valence-electron chi connectivity index (χ0n) is 7.67. The van der Waals surface area contributed by atoms with Crippen LogP contribution in [-0.4, -0.2) is 30.5 Å². The van der Waals surface area contributed by atoms with E-state index in [0.717, 1.165) is 12.8 Å². The Labute approximate surface area is 72.9 Å². The first-order valence-corrected chi connectivity index (χ1v) is 4.26. The molecule has 0 radical (unpaired) electrons. The van der Waals surface area contributed by atoms with Crippen LogP contribution in [0, 0.1) is 0 Å². The highest BCUT2D eigenvalue weighted by molar-refractivity contribution is 5.67. The van der Waals surface area contributed by atoms with Crippen molar-refractivity contribution in [3.05, 3.63) is 0 Å². The molecule has 72 valence electrons. The maximum atomic E-state index is 10.8. The molecule has 1 amide bonds. The number of amides is 1. The van der Waals surface area contributed by atoms with Gasteiger partial charge in [0.15, 0.2) is 0 Å². The maximum Gasteiger partial charge on any atom is 0.407 e. The third kappa shape index (κ3) is 5.97. The summed E-state index contributed by atoms with van der Waals surface area (Å²) in [5.41, 5.74) is 0. The molecule has 4 heteroatoms. The van der Waals surface area contributed by atoms with Gasteiger partial charge in [0.1, 0.15) is 6.10 Å². The average Bonchev–Trinajstić information content (AvgIpc) is 2.05. The topological polar surface area (TPSA) is 58.6 Å². The number of carbonyl (C=O) groups is 1. The van der Waals surface area contributed by atoms with E-state index in [1.54, 1.807) is 6.92 Å².